The molecule has 1 atom stereocenters. The number of hydrogen-bond acceptors (Lipinski definition) is 5. The minimum Gasteiger partial charge on any atom is -0.467 e. The molecule has 17 heteroatoms. The SMILES string of the molecule is [CH2-]C(F)(F)F.[CH2-]CC(C[CH2-])(C(=O)N[C@@H](Cc1cccc(C/C([C-]=O)=C(/c2[c-]ccc(CCN(C)C)c2)C(F)(F)F)c1)C(=O)OC)C(F)(F)F.[CH3-].[Li+].[Li+]. The molecular formula is C35H39F9Li2N2O4-4. The smallest absolute Gasteiger partial charge is 0.467 e. The fraction of sp³-hybridized carbons (Fsp3) is 0.400. The molecule has 2 aromatic rings. The molecule has 0 aliphatic carbocycles. The Morgan fingerprint density at radius 1 is 0.942 bits per heavy atom. The summed E-state index contributed by atoms with van der Waals surface area (Å²) in [6.45, 7) is 8.83. The van der Waals surface area contributed by atoms with Gasteiger partial charge in [-0.15, -0.1) is 41.0 Å². The minimum absolute atomic E-state index is 0. The minimum atomic E-state index is -5.01. The number of nitrogens with zero attached hydrogens (tertiary/aromatic N) is 1. The number of carbonyl (C=O) groups excluding carboxylic acids is 3. The molecule has 0 aliphatic rings. The van der Waals surface area contributed by atoms with Gasteiger partial charge >= 0.3 is 56.0 Å². The molecule has 0 fully saturated rings. The number of hydrogen-bond donors (Lipinski definition) is 1. The van der Waals surface area contributed by atoms with E-state index < -0.39 is 72.3 Å². The number of esters is 1. The number of alkyl halides is 9. The number of benzene rings is 2. The van der Waals surface area contributed by atoms with Crippen LogP contribution in [0.4, 0.5) is 39.5 Å². The summed E-state index contributed by atoms with van der Waals surface area (Å²) in [5, 5.41) is 2.08. The van der Waals surface area contributed by atoms with Crippen LogP contribution in [0.15, 0.2) is 48.0 Å². The van der Waals surface area contributed by atoms with Crippen molar-refractivity contribution in [2.24, 2.45) is 5.41 Å². The van der Waals surface area contributed by atoms with Gasteiger partial charge in [-0.25, -0.2) is 24.9 Å². The molecule has 2 aromatic carbocycles. The second-order valence-corrected chi connectivity index (χ2v) is 11.1. The molecule has 282 valence electrons. The van der Waals surface area contributed by atoms with E-state index in [-0.39, 0.29) is 68.3 Å². The Balaban J connectivity index is -0.00000280. The largest absolute Gasteiger partial charge is 1.00 e. The first-order chi connectivity index (χ1) is 22.5. The van der Waals surface area contributed by atoms with Crippen LogP contribution >= 0.6 is 0 Å². The summed E-state index contributed by atoms with van der Waals surface area (Å²) in [5.41, 5.74) is -4.04. The van der Waals surface area contributed by atoms with E-state index in [1.807, 2.05) is 19.0 Å². The Labute approximate surface area is 323 Å². The summed E-state index contributed by atoms with van der Waals surface area (Å²) >= 11 is 0. The van der Waals surface area contributed by atoms with E-state index in [4.69, 9.17) is 0 Å². The van der Waals surface area contributed by atoms with E-state index in [1.54, 1.807) is 13.0 Å². The van der Waals surface area contributed by atoms with E-state index in [9.17, 15) is 53.9 Å². The fourth-order valence-corrected chi connectivity index (χ4v) is 4.53. The van der Waals surface area contributed by atoms with Crippen molar-refractivity contribution in [3.63, 3.8) is 0 Å². The molecule has 2 rings (SSSR count). The molecule has 0 saturated carbocycles. The van der Waals surface area contributed by atoms with Crippen molar-refractivity contribution in [3.05, 3.63) is 105 Å². The van der Waals surface area contributed by atoms with Crippen molar-refractivity contribution < 1.29 is 96.4 Å². The molecule has 0 heterocycles. The first-order valence-corrected chi connectivity index (χ1v) is 14.4. The third kappa shape index (κ3) is 17.0. The van der Waals surface area contributed by atoms with E-state index in [0.29, 0.717) is 18.5 Å². The normalized spacial score (nSPS) is 12.8. The van der Waals surface area contributed by atoms with Gasteiger partial charge in [0, 0.05) is 13.0 Å². The molecule has 52 heavy (non-hydrogen) atoms. The molecule has 0 radical (unpaired) electrons. The Kier molecular flexibility index (Phi) is 23.9. The number of allylic oxidation sites excluding steroid dienone is 2. The molecule has 0 aromatic heterocycles. The summed E-state index contributed by atoms with van der Waals surface area (Å²) < 4.78 is 120. The predicted molar refractivity (Wildman–Crippen MR) is 170 cm³/mol. The first-order valence-electron chi connectivity index (χ1n) is 14.4. The van der Waals surface area contributed by atoms with E-state index in [1.165, 1.54) is 42.7 Å². The van der Waals surface area contributed by atoms with Crippen LogP contribution < -0.4 is 43.0 Å². The standard InChI is InChI=1S/C32H34F6N2O4.C2H2F3.CH3.2Li/c1-6-30(7-2,32(36,37)38)29(43)39-26(28(42)44-5)19-23-12-8-11-22(16-23)18-25(20-41)27(31(33,34)35)24-13-9-10-21(17-24)14-15-40(3)4;1-2(3,4)5;;;/h8-12,16-17,26H,1-2,6-7,14-15,18-19H2,3-5H3,(H,39,43);1H2;1H3;;/q-4;2*-1;2*+1/b27-25+;;;;/t26-;;;;/m0..../s1. The first kappa shape index (κ1) is 53.7. The summed E-state index contributed by atoms with van der Waals surface area (Å²) in [4.78, 5) is 39.0. The van der Waals surface area contributed by atoms with Gasteiger partial charge in [-0.1, -0.05) is 24.3 Å². The number of likely N-dealkylation sites (N-methyl/N-ethyl adjacent to an activating group) is 1. The quantitative estimate of drug-likeness (QED) is 0.104. The number of methoxy groups -OCH3 is 1. The molecular weight excluding hydrogens is 697 g/mol. The molecule has 1 N–H and O–H groups in total. The molecule has 0 unspecified atom stereocenters. The monoisotopic (exact) mass is 736 g/mol. The number of rotatable bonds is 14. The maximum absolute atomic E-state index is 14.3. The summed E-state index contributed by atoms with van der Waals surface area (Å²) in [6, 6.07) is 11.0. The van der Waals surface area contributed by atoms with Crippen molar-refractivity contribution >= 4 is 23.7 Å². The van der Waals surface area contributed by atoms with Crippen LogP contribution in [0.5, 0.6) is 0 Å². The fourth-order valence-electron chi connectivity index (χ4n) is 4.53. The number of nitrogens with one attached hydrogen (secondary N) is 1. The van der Waals surface area contributed by atoms with Crippen LogP contribution in [0.25, 0.3) is 5.57 Å². The summed E-state index contributed by atoms with van der Waals surface area (Å²) in [6.07, 6.45) is -14.9. The Bertz CT molecular complexity index is 1430. The zero-order valence-electron chi connectivity index (χ0n) is 30.0. The molecule has 0 bridgehead atoms. The van der Waals surface area contributed by atoms with Gasteiger partial charge in [0.25, 0.3) is 6.18 Å². The molecule has 0 aliphatic heterocycles. The van der Waals surface area contributed by atoms with Gasteiger partial charge in [-0.2, -0.15) is 39.2 Å². The van der Waals surface area contributed by atoms with Gasteiger partial charge in [-0.05, 0) is 49.9 Å². The second kappa shape index (κ2) is 23.2. The Morgan fingerprint density at radius 2 is 1.48 bits per heavy atom. The third-order valence-electron chi connectivity index (χ3n) is 7.13. The molecule has 1 amide bonds. The zero-order valence-corrected chi connectivity index (χ0v) is 30.0. The number of ether oxygens (including phenoxy) is 1. The Hall–Kier alpha value is -2.69. The van der Waals surface area contributed by atoms with Crippen molar-refractivity contribution in [2.45, 2.75) is 56.7 Å². The topological polar surface area (TPSA) is 75.7 Å². The van der Waals surface area contributed by atoms with Crippen molar-refractivity contribution in [2.75, 3.05) is 27.7 Å². The van der Waals surface area contributed by atoms with Crippen LogP contribution in [0.1, 0.15) is 35.1 Å². The maximum atomic E-state index is 14.3. The van der Waals surface area contributed by atoms with E-state index in [2.05, 4.69) is 30.0 Å². The Morgan fingerprint density at radius 3 is 1.92 bits per heavy atom. The molecule has 6 nitrogen and oxygen atoms in total. The average Bonchev–Trinajstić information content (AvgIpc) is 2.98. The van der Waals surface area contributed by atoms with E-state index in [0.717, 1.165) is 7.11 Å². The molecule has 0 saturated heterocycles. The van der Waals surface area contributed by atoms with Crippen molar-refractivity contribution in [3.8, 4) is 0 Å². The van der Waals surface area contributed by atoms with Crippen LogP contribution in [0, 0.1) is 39.7 Å². The van der Waals surface area contributed by atoms with Gasteiger partial charge in [-0.3, -0.25) is 4.79 Å². The van der Waals surface area contributed by atoms with E-state index >= 15 is 0 Å². The van der Waals surface area contributed by atoms with Crippen molar-refractivity contribution in [1.82, 2.24) is 10.2 Å². The van der Waals surface area contributed by atoms with Crippen LogP contribution in [-0.2, 0) is 38.4 Å². The number of amides is 1. The van der Waals surface area contributed by atoms with Crippen LogP contribution in [0.2, 0.25) is 0 Å². The average molecular weight is 737 g/mol. The molecule has 0 spiro atoms. The third-order valence-corrected chi connectivity index (χ3v) is 7.13. The van der Waals surface area contributed by atoms with Gasteiger partial charge < -0.3 is 41.0 Å². The number of halogens is 9. The van der Waals surface area contributed by atoms with Gasteiger partial charge in [0.05, 0.1) is 12.5 Å². The summed E-state index contributed by atoms with van der Waals surface area (Å²) in [7, 11) is 4.64. The number of carbonyl (C=O) groups is 2. The van der Waals surface area contributed by atoms with Gasteiger partial charge in [0.2, 0.25) is 5.91 Å². The van der Waals surface area contributed by atoms with Crippen LogP contribution in [0.3, 0.4) is 0 Å². The van der Waals surface area contributed by atoms with Crippen LogP contribution in [-0.4, -0.2) is 75.4 Å². The predicted octanol–water partition coefficient (Wildman–Crippen LogP) is 1.30. The van der Waals surface area contributed by atoms with Gasteiger partial charge in [0.1, 0.15) is 6.04 Å². The summed E-state index contributed by atoms with van der Waals surface area (Å²) in [5.74, 6) is -2.56. The maximum Gasteiger partial charge on any atom is 1.00 e. The second-order valence-electron chi connectivity index (χ2n) is 11.1. The van der Waals surface area contributed by atoms with Gasteiger partial charge in [0.15, 0.2) is 0 Å². The van der Waals surface area contributed by atoms with Crippen molar-refractivity contribution in [1.29, 1.82) is 0 Å². The zero-order chi connectivity index (χ0) is 37.8.